The van der Waals surface area contributed by atoms with E-state index < -0.39 is 5.60 Å². The van der Waals surface area contributed by atoms with Gasteiger partial charge in [-0.2, -0.15) is 0 Å². The van der Waals surface area contributed by atoms with Crippen molar-refractivity contribution in [3.05, 3.63) is 34.9 Å². The second-order valence-corrected chi connectivity index (χ2v) is 4.72. The molecule has 0 aliphatic heterocycles. The van der Waals surface area contributed by atoms with Crippen molar-refractivity contribution < 1.29 is 5.11 Å². The molecule has 0 aliphatic rings. The van der Waals surface area contributed by atoms with Gasteiger partial charge in [-0.1, -0.05) is 18.2 Å². The third kappa shape index (κ3) is 2.80. The van der Waals surface area contributed by atoms with Crippen LogP contribution in [0.15, 0.2) is 18.2 Å². The summed E-state index contributed by atoms with van der Waals surface area (Å²) in [6.07, 6.45) is 0. The van der Waals surface area contributed by atoms with Crippen LogP contribution in [0.4, 0.5) is 0 Å². The van der Waals surface area contributed by atoms with Crippen molar-refractivity contribution in [2.24, 2.45) is 0 Å². The third-order valence-electron chi connectivity index (χ3n) is 2.86. The van der Waals surface area contributed by atoms with Gasteiger partial charge in [0.25, 0.3) is 0 Å². The van der Waals surface area contributed by atoms with E-state index in [0.717, 1.165) is 5.56 Å². The van der Waals surface area contributed by atoms with Gasteiger partial charge in [0.1, 0.15) is 0 Å². The van der Waals surface area contributed by atoms with Crippen LogP contribution in [0.25, 0.3) is 0 Å². The van der Waals surface area contributed by atoms with Gasteiger partial charge in [0.05, 0.1) is 11.6 Å². The molecule has 1 unspecified atom stereocenters. The average molecular weight is 207 g/mol. The molecule has 1 rings (SSSR count). The summed E-state index contributed by atoms with van der Waals surface area (Å²) in [7, 11) is 1.87. The molecule has 0 aliphatic carbocycles. The molecule has 0 spiro atoms. The van der Waals surface area contributed by atoms with Crippen molar-refractivity contribution in [1.29, 1.82) is 0 Å². The highest BCUT2D eigenvalue weighted by molar-refractivity contribution is 5.32. The first-order valence-electron chi connectivity index (χ1n) is 5.33. The maximum atomic E-state index is 10.0. The molecule has 0 amide bonds. The maximum Gasteiger partial charge on any atom is 0.0785 e. The molecule has 2 N–H and O–H groups in total. The molecule has 1 aromatic carbocycles. The molecule has 0 fully saturated rings. The molecule has 2 nitrogen and oxygen atoms in total. The smallest absolute Gasteiger partial charge is 0.0785 e. The molecule has 0 saturated heterocycles. The SMILES string of the molecule is CNC(c1ccc(C)c(C)c1)C(C)(C)O. The normalized spacial score (nSPS) is 14.0. The highest BCUT2D eigenvalue weighted by Gasteiger charge is 2.26. The Balaban J connectivity index is 3.08. The van der Waals surface area contributed by atoms with Crippen LogP contribution >= 0.6 is 0 Å². The van der Waals surface area contributed by atoms with Crippen molar-refractivity contribution in [2.75, 3.05) is 7.05 Å². The van der Waals surface area contributed by atoms with Crippen molar-refractivity contribution in [3.8, 4) is 0 Å². The van der Waals surface area contributed by atoms with Crippen LogP contribution in [0.2, 0.25) is 0 Å². The molecule has 1 atom stereocenters. The maximum absolute atomic E-state index is 10.0. The zero-order valence-corrected chi connectivity index (χ0v) is 10.3. The Kier molecular flexibility index (Phi) is 3.53. The van der Waals surface area contributed by atoms with Gasteiger partial charge in [-0.15, -0.1) is 0 Å². The summed E-state index contributed by atoms with van der Waals surface area (Å²) in [5.74, 6) is 0. The third-order valence-corrected chi connectivity index (χ3v) is 2.86. The Hall–Kier alpha value is -0.860. The van der Waals surface area contributed by atoms with Crippen LogP contribution in [0.3, 0.4) is 0 Å². The summed E-state index contributed by atoms with van der Waals surface area (Å²) < 4.78 is 0. The lowest BCUT2D eigenvalue weighted by Crippen LogP contribution is -2.37. The van der Waals surface area contributed by atoms with Crippen molar-refractivity contribution in [3.63, 3.8) is 0 Å². The second-order valence-electron chi connectivity index (χ2n) is 4.72. The van der Waals surface area contributed by atoms with Crippen molar-refractivity contribution in [1.82, 2.24) is 5.32 Å². The van der Waals surface area contributed by atoms with Crippen LogP contribution in [-0.4, -0.2) is 17.8 Å². The predicted molar refractivity (Wildman–Crippen MR) is 64.0 cm³/mol. The fraction of sp³-hybridized carbons (Fsp3) is 0.538. The van der Waals surface area contributed by atoms with Gasteiger partial charge < -0.3 is 10.4 Å². The second kappa shape index (κ2) is 4.33. The fourth-order valence-electron chi connectivity index (χ4n) is 1.87. The van der Waals surface area contributed by atoms with Gasteiger partial charge in [-0.05, 0) is 51.4 Å². The zero-order valence-electron chi connectivity index (χ0n) is 10.3. The topological polar surface area (TPSA) is 32.3 Å². The molecular formula is C13H21NO. The summed E-state index contributed by atoms with van der Waals surface area (Å²) in [5, 5.41) is 13.2. The minimum atomic E-state index is -0.754. The van der Waals surface area contributed by atoms with Crippen LogP contribution < -0.4 is 5.32 Å². The Bertz CT molecular complexity index is 339. The highest BCUT2D eigenvalue weighted by atomic mass is 16.3. The van der Waals surface area contributed by atoms with Crippen LogP contribution in [0.5, 0.6) is 0 Å². The lowest BCUT2D eigenvalue weighted by Gasteiger charge is -2.29. The number of nitrogens with one attached hydrogen (secondary N) is 1. The standard InChI is InChI=1S/C13H21NO/c1-9-6-7-11(8-10(9)2)12(14-5)13(3,4)15/h6-8,12,14-15H,1-5H3. The molecule has 0 heterocycles. The van der Waals surface area contributed by atoms with Crippen LogP contribution in [0, 0.1) is 13.8 Å². The largest absolute Gasteiger partial charge is 0.388 e. The molecule has 0 bridgehead atoms. The number of likely N-dealkylation sites (N-methyl/N-ethyl adjacent to an activating group) is 1. The van der Waals surface area contributed by atoms with Gasteiger partial charge in [0, 0.05) is 0 Å². The number of aliphatic hydroxyl groups is 1. The quantitative estimate of drug-likeness (QED) is 0.797. The lowest BCUT2D eigenvalue weighted by molar-refractivity contribution is 0.0400. The van der Waals surface area contributed by atoms with Gasteiger partial charge in [-0.25, -0.2) is 0 Å². The van der Waals surface area contributed by atoms with E-state index in [-0.39, 0.29) is 6.04 Å². The minimum absolute atomic E-state index is 0.0307. The van der Waals surface area contributed by atoms with Gasteiger partial charge in [0.15, 0.2) is 0 Å². The first-order valence-corrected chi connectivity index (χ1v) is 5.33. The van der Waals surface area contributed by atoms with E-state index in [4.69, 9.17) is 0 Å². The van der Waals surface area contributed by atoms with E-state index in [1.807, 2.05) is 20.9 Å². The molecule has 0 saturated carbocycles. The van der Waals surface area contributed by atoms with E-state index in [0.29, 0.717) is 0 Å². The molecule has 2 heteroatoms. The average Bonchev–Trinajstić information content (AvgIpc) is 2.10. The Morgan fingerprint density at radius 2 is 1.80 bits per heavy atom. The lowest BCUT2D eigenvalue weighted by atomic mass is 9.90. The summed E-state index contributed by atoms with van der Waals surface area (Å²) in [6.45, 7) is 7.83. The van der Waals surface area contributed by atoms with Crippen LogP contribution in [0.1, 0.15) is 36.6 Å². The van der Waals surface area contributed by atoms with E-state index in [1.165, 1.54) is 11.1 Å². The predicted octanol–water partition coefficient (Wildman–Crippen LogP) is 2.33. The summed E-state index contributed by atoms with van der Waals surface area (Å²) in [6, 6.07) is 6.27. The first kappa shape index (κ1) is 12.2. The van der Waals surface area contributed by atoms with E-state index in [1.54, 1.807) is 0 Å². The summed E-state index contributed by atoms with van der Waals surface area (Å²) in [5.41, 5.74) is 2.92. The van der Waals surface area contributed by atoms with Crippen molar-refractivity contribution in [2.45, 2.75) is 39.3 Å². The van der Waals surface area contributed by atoms with Gasteiger partial charge >= 0.3 is 0 Å². The highest BCUT2D eigenvalue weighted by Crippen LogP contribution is 2.26. The van der Waals surface area contributed by atoms with E-state index >= 15 is 0 Å². The molecule has 0 aromatic heterocycles. The zero-order chi connectivity index (χ0) is 11.6. The molecule has 1 aromatic rings. The van der Waals surface area contributed by atoms with E-state index in [2.05, 4.69) is 37.4 Å². The number of rotatable bonds is 3. The van der Waals surface area contributed by atoms with Crippen molar-refractivity contribution >= 4 is 0 Å². The number of hydrogen-bond acceptors (Lipinski definition) is 2. The molecular weight excluding hydrogens is 186 g/mol. The number of hydrogen-bond donors (Lipinski definition) is 2. The van der Waals surface area contributed by atoms with E-state index in [9.17, 15) is 5.11 Å². The first-order chi connectivity index (χ1) is 6.86. The van der Waals surface area contributed by atoms with Gasteiger partial charge in [0.2, 0.25) is 0 Å². The van der Waals surface area contributed by atoms with Gasteiger partial charge in [-0.3, -0.25) is 0 Å². The fourth-order valence-corrected chi connectivity index (χ4v) is 1.87. The molecule has 0 radical (unpaired) electrons. The summed E-state index contributed by atoms with van der Waals surface area (Å²) >= 11 is 0. The van der Waals surface area contributed by atoms with Crippen LogP contribution in [-0.2, 0) is 0 Å². The Morgan fingerprint density at radius 1 is 1.20 bits per heavy atom. The summed E-state index contributed by atoms with van der Waals surface area (Å²) in [4.78, 5) is 0. The minimum Gasteiger partial charge on any atom is -0.388 e. The number of aryl methyl sites for hydroxylation is 2. The monoisotopic (exact) mass is 207 g/mol. The molecule has 84 valence electrons. The Labute approximate surface area is 92.3 Å². The molecule has 15 heavy (non-hydrogen) atoms. The Morgan fingerprint density at radius 3 is 2.20 bits per heavy atom. The number of benzene rings is 1.